The van der Waals surface area contributed by atoms with E-state index >= 15 is 0 Å². The fourth-order valence-electron chi connectivity index (χ4n) is 4.18. The molecular formula is C26H33N3O4. The smallest absolute Gasteiger partial charge is 0.287 e. The molecule has 1 aromatic heterocycles. The molecule has 33 heavy (non-hydrogen) atoms. The minimum absolute atomic E-state index is 0.114. The fraction of sp³-hybridized carbons (Fsp3) is 0.423. The predicted molar refractivity (Wildman–Crippen MR) is 127 cm³/mol. The highest BCUT2D eigenvalue weighted by atomic mass is 16.3. The topological polar surface area (TPSA) is 91.7 Å². The number of aryl methyl sites for hydroxylation is 1. The number of benzene rings is 1. The summed E-state index contributed by atoms with van der Waals surface area (Å²) < 4.78 is 5.08. The van der Waals surface area contributed by atoms with Gasteiger partial charge in [-0.2, -0.15) is 0 Å². The van der Waals surface area contributed by atoms with Gasteiger partial charge in [0.1, 0.15) is 6.04 Å². The monoisotopic (exact) mass is 451 g/mol. The van der Waals surface area contributed by atoms with Crippen LogP contribution in [0.1, 0.15) is 66.8 Å². The summed E-state index contributed by atoms with van der Waals surface area (Å²) in [4.78, 5) is 40.4. The number of hydrogen-bond donors (Lipinski definition) is 2. The van der Waals surface area contributed by atoms with Gasteiger partial charge in [-0.25, -0.2) is 0 Å². The summed E-state index contributed by atoms with van der Waals surface area (Å²) in [6.45, 7) is 5.75. The summed E-state index contributed by atoms with van der Waals surface area (Å²) in [6, 6.07) is 10.2. The lowest BCUT2D eigenvalue weighted by Crippen LogP contribution is -2.49. The molecule has 1 atom stereocenters. The van der Waals surface area contributed by atoms with Crippen LogP contribution < -0.4 is 10.6 Å². The second-order valence-corrected chi connectivity index (χ2v) is 8.34. The highest BCUT2D eigenvalue weighted by Gasteiger charge is 2.32. The van der Waals surface area contributed by atoms with Gasteiger partial charge in [-0.05, 0) is 42.5 Å². The van der Waals surface area contributed by atoms with Gasteiger partial charge in [0.05, 0.1) is 12.8 Å². The first-order valence-electron chi connectivity index (χ1n) is 11.6. The van der Waals surface area contributed by atoms with Crippen LogP contribution in [-0.4, -0.2) is 41.8 Å². The quantitative estimate of drug-likeness (QED) is 0.538. The van der Waals surface area contributed by atoms with Crippen LogP contribution in [0.3, 0.4) is 0 Å². The predicted octanol–water partition coefficient (Wildman–Crippen LogP) is 3.78. The molecule has 2 N–H and O–H groups in total. The van der Waals surface area contributed by atoms with Crippen molar-refractivity contribution in [3.05, 3.63) is 72.2 Å². The van der Waals surface area contributed by atoms with Crippen LogP contribution in [0.25, 0.3) is 0 Å². The molecule has 3 rings (SSSR count). The lowest BCUT2D eigenvalue weighted by molar-refractivity contribution is -0.139. The van der Waals surface area contributed by atoms with Gasteiger partial charge in [0, 0.05) is 12.6 Å². The van der Waals surface area contributed by atoms with E-state index in [2.05, 4.69) is 24.1 Å². The standard InChI is InChI=1S/C26H33N3O4/c1-3-16-29(23(30)18-27-25(31)22-11-8-17-33-22)24(20-14-12-19(4-2)13-15-20)26(32)28-21-9-6-5-7-10-21/h3,8,11-15,17,21,24H,1,4-7,9-10,16,18H2,2H3,(H,27,31)(H,28,32)/t24-/m0/s1. The van der Waals surface area contributed by atoms with E-state index in [-0.39, 0.29) is 36.7 Å². The molecule has 1 aliphatic carbocycles. The van der Waals surface area contributed by atoms with Crippen LogP contribution in [0, 0.1) is 0 Å². The summed E-state index contributed by atoms with van der Waals surface area (Å²) in [6.07, 6.45) is 9.13. The molecule has 0 saturated heterocycles. The van der Waals surface area contributed by atoms with E-state index in [0.29, 0.717) is 0 Å². The highest BCUT2D eigenvalue weighted by Crippen LogP contribution is 2.24. The molecule has 1 saturated carbocycles. The third-order valence-corrected chi connectivity index (χ3v) is 6.01. The zero-order valence-corrected chi connectivity index (χ0v) is 19.2. The maximum absolute atomic E-state index is 13.5. The van der Waals surface area contributed by atoms with Crippen molar-refractivity contribution in [3.63, 3.8) is 0 Å². The summed E-state index contributed by atoms with van der Waals surface area (Å²) >= 11 is 0. The molecule has 2 aromatic rings. The molecule has 7 heteroatoms. The molecule has 1 aromatic carbocycles. The van der Waals surface area contributed by atoms with E-state index in [1.54, 1.807) is 12.1 Å². The van der Waals surface area contributed by atoms with E-state index in [1.165, 1.54) is 23.7 Å². The molecule has 1 fully saturated rings. The van der Waals surface area contributed by atoms with Crippen molar-refractivity contribution in [2.24, 2.45) is 0 Å². The maximum Gasteiger partial charge on any atom is 0.287 e. The third kappa shape index (κ3) is 6.57. The number of amides is 3. The Bertz CT molecular complexity index is 931. The van der Waals surface area contributed by atoms with E-state index in [0.717, 1.165) is 43.2 Å². The molecule has 0 radical (unpaired) electrons. The summed E-state index contributed by atoms with van der Waals surface area (Å²) in [7, 11) is 0. The van der Waals surface area contributed by atoms with Crippen molar-refractivity contribution >= 4 is 17.7 Å². The number of rotatable bonds is 10. The average molecular weight is 452 g/mol. The largest absolute Gasteiger partial charge is 0.459 e. The Morgan fingerprint density at radius 3 is 2.48 bits per heavy atom. The first kappa shape index (κ1) is 24.3. The van der Waals surface area contributed by atoms with Gasteiger partial charge in [-0.1, -0.05) is 56.5 Å². The molecule has 0 aliphatic heterocycles. The molecule has 0 unspecified atom stereocenters. The van der Waals surface area contributed by atoms with Crippen LogP contribution >= 0.6 is 0 Å². The van der Waals surface area contributed by atoms with E-state index in [1.807, 2.05) is 24.3 Å². The number of carbonyl (C=O) groups is 3. The second kappa shape index (κ2) is 12.0. The number of furan rings is 1. The van der Waals surface area contributed by atoms with Crippen LogP contribution in [0.5, 0.6) is 0 Å². The summed E-state index contributed by atoms with van der Waals surface area (Å²) in [5.41, 5.74) is 1.88. The number of hydrogen-bond acceptors (Lipinski definition) is 4. The first-order chi connectivity index (χ1) is 16.0. The Morgan fingerprint density at radius 2 is 1.88 bits per heavy atom. The van der Waals surface area contributed by atoms with Crippen molar-refractivity contribution < 1.29 is 18.8 Å². The van der Waals surface area contributed by atoms with Crippen LogP contribution in [0.15, 0.2) is 59.7 Å². The minimum Gasteiger partial charge on any atom is -0.459 e. The van der Waals surface area contributed by atoms with Crippen LogP contribution in [-0.2, 0) is 16.0 Å². The normalized spacial score (nSPS) is 14.8. The molecular weight excluding hydrogens is 418 g/mol. The molecule has 1 aliphatic rings. The lowest BCUT2D eigenvalue weighted by Gasteiger charge is -2.33. The van der Waals surface area contributed by atoms with Crippen molar-refractivity contribution in [3.8, 4) is 0 Å². The van der Waals surface area contributed by atoms with Crippen molar-refractivity contribution in [2.45, 2.75) is 57.5 Å². The zero-order valence-electron chi connectivity index (χ0n) is 19.2. The third-order valence-electron chi connectivity index (χ3n) is 6.01. The van der Waals surface area contributed by atoms with Crippen molar-refractivity contribution in [1.82, 2.24) is 15.5 Å². The van der Waals surface area contributed by atoms with Crippen molar-refractivity contribution in [2.75, 3.05) is 13.1 Å². The Balaban J connectivity index is 1.81. The molecule has 1 heterocycles. The van der Waals surface area contributed by atoms with Gasteiger partial charge in [-0.3, -0.25) is 14.4 Å². The Morgan fingerprint density at radius 1 is 1.15 bits per heavy atom. The molecule has 7 nitrogen and oxygen atoms in total. The molecule has 3 amide bonds. The summed E-state index contributed by atoms with van der Waals surface area (Å²) in [5.74, 6) is -0.945. The number of nitrogens with one attached hydrogen (secondary N) is 2. The van der Waals surface area contributed by atoms with Crippen LogP contribution in [0.4, 0.5) is 0 Å². The van der Waals surface area contributed by atoms with Gasteiger partial charge in [0.2, 0.25) is 11.8 Å². The number of nitrogens with zero attached hydrogens (tertiary/aromatic N) is 1. The Kier molecular flexibility index (Phi) is 8.87. The molecule has 0 spiro atoms. The summed E-state index contributed by atoms with van der Waals surface area (Å²) in [5, 5.41) is 5.74. The highest BCUT2D eigenvalue weighted by molar-refractivity contribution is 5.95. The lowest BCUT2D eigenvalue weighted by atomic mass is 9.94. The van der Waals surface area contributed by atoms with Crippen molar-refractivity contribution in [1.29, 1.82) is 0 Å². The first-order valence-corrected chi connectivity index (χ1v) is 11.6. The van der Waals surface area contributed by atoms with Gasteiger partial charge in [0.25, 0.3) is 5.91 Å². The van der Waals surface area contributed by atoms with E-state index < -0.39 is 11.9 Å². The SMILES string of the molecule is C=CCN(C(=O)CNC(=O)c1ccco1)[C@H](C(=O)NC1CCCCC1)c1ccc(CC)cc1. The zero-order chi connectivity index (χ0) is 23.6. The maximum atomic E-state index is 13.5. The Labute approximate surface area is 195 Å². The molecule has 176 valence electrons. The number of carbonyl (C=O) groups excluding carboxylic acids is 3. The molecule has 0 bridgehead atoms. The van der Waals surface area contributed by atoms with Gasteiger partial charge in [-0.15, -0.1) is 6.58 Å². The minimum atomic E-state index is -0.816. The van der Waals surface area contributed by atoms with Gasteiger partial charge in [0.15, 0.2) is 5.76 Å². The fourth-order valence-corrected chi connectivity index (χ4v) is 4.18. The van der Waals surface area contributed by atoms with E-state index in [9.17, 15) is 14.4 Å². The van der Waals surface area contributed by atoms with Gasteiger partial charge < -0.3 is 20.0 Å². The van der Waals surface area contributed by atoms with E-state index in [4.69, 9.17) is 4.42 Å². The van der Waals surface area contributed by atoms with Crippen LogP contribution in [0.2, 0.25) is 0 Å². The second-order valence-electron chi connectivity index (χ2n) is 8.34. The van der Waals surface area contributed by atoms with Gasteiger partial charge >= 0.3 is 0 Å². The Hall–Kier alpha value is -3.35. The average Bonchev–Trinajstić information content (AvgIpc) is 3.38.